The number of hydrogen-bond donors (Lipinski definition) is 2. The van der Waals surface area contributed by atoms with E-state index >= 15 is 0 Å². The molecule has 1 saturated heterocycles. The lowest BCUT2D eigenvalue weighted by molar-refractivity contribution is -0.124. The minimum Gasteiger partial charge on any atom is -0.462 e. The van der Waals surface area contributed by atoms with Crippen molar-refractivity contribution in [3.05, 3.63) is 59.0 Å². The van der Waals surface area contributed by atoms with Crippen LogP contribution in [0.25, 0.3) is 0 Å². The minimum absolute atomic E-state index is 0.0390. The van der Waals surface area contributed by atoms with E-state index in [-0.39, 0.29) is 30.1 Å². The number of furan rings is 1. The van der Waals surface area contributed by atoms with Gasteiger partial charge in [-0.2, -0.15) is 0 Å². The van der Waals surface area contributed by atoms with Gasteiger partial charge in [-0.15, -0.1) is 0 Å². The predicted octanol–water partition coefficient (Wildman–Crippen LogP) is 2.92. The molecule has 4 rings (SSSR count). The van der Waals surface area contributed by atoms with Crippen LogP contribution in [-0.2, 0) is 32.8 Å². The van der Waals surface area contributed by atoms with E-state index in [0.717, 1.165) is 38.2 Å². The zero-order valence-corrected chi connectivity index (χ0v) is 19.0. The van der Waals surface area contributed by atoms with Crippen LogP contribution in [0, 0.1) is 0 Å². The number of aliphatic hydroxyl groups is 1. The average Bonchev–Trinajstić information content (AvgIpc) is 3.37. The molecule has 2 N–H and O–H groups in total. The Kier molecular flexibility index (Phi) is 7.30. The molecular weight excluding hydrogens is 408 g/mol. The molecule has 1 aliphatic heterocycles. The quantitative estimate of drug-likeness (QED) is 0.581. The van der Waals surface area contributed by atoms with Gasteiger partial charge in [0.1, 0.15) is 18.1 Å². The third-order valence-electron chi connectivity index (χ3n) is 6.90. The van der Waals surface area contributed by atoms with Crippen molar-refractivity contribution in [1.29, 1.82) is 0 Å². The summed E-state index contributed by atoms with van der Waals surface area (Å²) in [5.41, 5.74) is 2.32. The molecule has 0 unspecified atom stereocenters. The van der Waals surface area contributed by atoms with Gasteiger partial charge in [-0.25, -0.2) is 0 Å². The molecule has 2 aliphatic rings. The maximum Gasteiger partial charge on any atom is 0.220 e. The summed E-state index contributed by atoms with van der Waals surface area (Å²) in [6.45, 7) is 5.35. The Balaban J connectivity index is 1.56. The molecule has 174 valence electrons. The normalized spacial score (nSPS) is 22.2. The smallest absolute Gasteiger partial charge is 0.220 e. The molecular formula is C25H34N2O5. The zero-order valence-electron chi connectivity index (χ0n) is 19.0. The molecule has 0 saturated carbocycles. The number of carbonyl (C=O) groups excluding carboxylic acids is 1. The van der Waals surface area contributed by atoms with Gasteiger partial charge in [-0.1, -0.05) is 31.2 Å². The molecule has 1 fully saturated rings. The van der Waals surface area contributed by atoms with Crippen molar-refractivity contribution in [3.8, 4) is 0 Å². The van der Waals surface area contributed by atoms with Crippen molar-refractivity contribution in [2.24, 2.45) is 0 Å². The van der Waals surface area contributed by atoms with Gasteiger partial charge in [0, 0.05) is 18.9 Å². The molecule has 2 aromatic rings. The Morgan fingerprint density at radius 2 is 1.94 bits per heavy atom. The van der Waals surface area contributed by atoms with Gasteiger partial charge in [0.25, 0.3) is 0 Å². The molecule has 1 spiro atoms. The number of methoxy groups -OCH3 is 1. The Hall–Kier alpha value is -2.19. The Morgan fingerprint density at radius 1 is 1.19 bits per heavy atom. The predicted molar refractivity (Wildman–Crippen MR) is 120 cm³/mol. The first kappa shape index (κ1) is 23.0. The Morgan fingerprint density at radius 3 is 2.62 bits per heavy atom. The van der Waals surface area contributed by atoms with E-state index in [1.165, 1.54) is 11.1 Å². The van der Waals surface area contributed by atoms with Crippen molar-refractivity contribution in [2.75, 3.05) is 33.4 Å². The van der Waals surface area contributed by atoms with Crippen molar-refractivity contribution in [3.63, 3.8) is 0 Å². The number of piperidine rings is 1. The molecule has 1 amide bonds. The fourth-order valence-electron chi connectivity index (χ4n) is 5.28. The maximum atomic E-state index is 12.4. The number of nitrogens with zero attached hydrogens (tertiary/aromatic N) is 1. The number of nitrogens with one attached hydrogen (secondary N) is 1. The summed E-state index contributed by atoms with van der Waals surface area (Å²) in [5.74, 6) is 1.51. The van der Waals surface area contributed by atoms with Gasteiger partial charge in [-0.05, 0) is 49.2 Å². The van der Waals surface area contributed by atoms with Crippen LogP contribution in [-0.4, -0.2) is 55.4 Å². The van der Waals surface area contributed by atoms with Crippen LogP contribution in [0.4, 0.5) is 0 Å². The second-order valence-corrected chi connectivity index (χ2v) is 8.73. The second-order valence-electron chi connectivity index (χ2n) is 8.73. The summed E-state index contributed by atoms with van der Waals surface area (Å²) in [6, 6.07) is 12.1. The summed E-state index contributed by atoms with van der Waals surface area (Å²) < 4.78 is 17.4. The highest BCUT2D eigenvalue weighted by Crippen LogP contribution is 2.52. The van der Waals surface area contributed by atoms with Crippen LogP contribution in [0.1, 0.15) is 54.9 Å². The summed E-state index contributed by atoms with van der Waals surface area (Å²) >= 11 is 0. The first-order chi connectivity index (χ1) is 15.6. The summed E-state index contributed by atoms with van der Waals surface area (Å²) in [6.07, 6.45) is 2.20. The summed E-state index contributed by atoms with van der Waals surface area (Å²) in [7, 11) is 1.67. The van der Waals surface area contributed by atoms with Gasteiger partial charge < -0.3 is 24.3 Å². The van der Waals surface area contributed by atoms with Crippen LogP contribution in [0.3, 0.4) is 0 Å². The highest BCUT2D eigenvalue weighted by atomic mass is 16.5. The molecule has 2 heterocycles. The lowest BCUT2D eigenvalue weighted by Gasteiger charge is -2.44. The SMILES string of the molecule is CCC(=O)N[C@@H]1c2ccccc2C2(CCN(Cc3ccc(CO)o3)CC2)[C@H]1OCCOC. The van der Waals surface area contributed by atoms with Gasteiger partial charge in [0.15, 0.2) is 0 Å². The number of hydrogen-bond acceptors (Lipinski definition) is 6. The van der Waals surface area contributed by atoms with E-state index < -0.39 is 0 Å². The van der Waals surface area contributed by atoms with Gasteiger partial charge >= 0.3 is 0 Å². The highest BCUT2D eigenvalue weighted by molar-refractivity contribution is 5.76. The average molecular weight is 443 g/mol. The number of amides is 1. The lowest BCUT2D eigenvalue weighted by Crippen LogP contribution is -2.51. The fraction of sp³-hybridized carbons (Fsp3) is 0.560. The standard InChI is InChI=1S/C25H34N2O5/c1-3-22(29)26-23-20-6-4-5-7-21(20)25(24(23)31-15-14-30-2)10-12-27(13-11-25)16-18-8-9-19(17-28)32-18/h4-9,23-24,28H,3,10-17H2,1-2H3,(H,26,29)/t23-,24+/m1/s1. The van der Waals surface area contributed by atoms with E-state index in [1.54, 1.807) is 7.11 Å². The lowest BCUT2D eigenvalue weighted by atomic mass is 9.71. The molecule has 7 heteroatoms. The van der Waals surface area contributed by atoms with E-state index in [2.05, 4.69) is 28.4 Å². The molecule has 1 aromatic carbocycles. The number of carbonyl (C=O) groups is 1. The first-order valence-corrected chi connectivity index (χ1v) is 11.5. The van der Waals surface area contributed by atoms with Gasteiger partial charge in [0.2, 0.25) is 5.91 Å². The number of benzene rings is 1. The summed E-state index contributed by atoms with van der Waals surface area (Å²) in [4.78, 5) is 14.8. The van der Waals surface area contributed by atoms with Crippen LogP contribution >= 0.6 is 0 Å². The number of rotatable bonds is 9. The van der Waals surface area contributed by atoms with Crippen LogP contribution in [0.15, 0.2) is 40.8 Å². The van der Waals surface area contributed by atoms with Crippen LogP contribution in [0.5, 0.6) is 0 Å². The Bertz CT molecular complexity index is 903. The number of ether oxygens (including phenoxy) is 2. The molecule has 2 atom stereocenters. The minimum atomic E-state index is -0.153. The van der Waals surface area contributed by atoms with Crippen LogP contribution < -0.4 is 5.32 Å². The number of likely N-dealkylation sites (tertiary alicyclic amines) is 1. The van der Waals surface area contributed by atoms with Crippen molar-refractivity contribution < 1.29 is 23.8 Å². The van der Waals surface area contributed by atoms with E-state index in [4.69, 9.17) is 13.9 Å². The van der Waals surface area contributed by atoms with E-state index in [9.17, 15) is 9.90 Å². The Labute approximate surface area is 189 Å². The monoisotopic (exact) mass is 442 g/mol. The van der Waals surface area contributed by atoms with Crippen molar-refractivity contribution >= 4 is 5.91 Å². The van der Waals surface area contributed by atoms with E-state index in [0.29, 0.717) is 25.4 Å². The maximum absolute atomic E-state index is 12.4. The fourth-order valence-corrected chi connectivity index (χ4v) is 5.28. The molecule has 1 aliphatic carbocycles. The third-order valence-corrected chi connectivity index (χ3v) is 6.90. The number of aliphatic hydroxyl groups excluding tert-OH is 1. The van der Waals surface area contributed by atoms with Gasteiger partial charge in [-0.3, -0.25) is 9.69 Å². The third kappa shape index (κ3) is 4.48. The molecule has 0 radical (unpaired) electrons. The van der Waals surface area contributed by atoms with E-state index in [1.807, 2.05) is 25.1 Å². The molecule has 0 bridgehead atoms. The summed E-state index contributed by atoms with van der Waals surface area (Å²) in [5, 5.41) is 12.5. The largest absolute Gasteiger partial charge is 0.462 e. The highest BCUT2D eigenvalue weighted by Gasteiger charge is 2.54. The molecule has 32 heavy (non-hydrogen) atoms. The van der Waals surface area contributed by atoms with Crippen LogP contribution in [0.2, 0.25) is 0 Å². The zero-order chi connectivity index (χ0) is 22.6. The topological polar surface area (TPSA) is 84.2 Å². The van der Waals surface area contributed by atoms with Crippen molar-refractivity contribution in [2.45, 2.75) is 56.9 Å². The first-order valence-electron chi connectivity index (χ1n) is 11.5. The molecule has 1 aromatic heterocycles. The van der Waals surface area contributed by atoms with Crippen molar-refractivity contribution in [1.82, 2.24) is 10.2 Å². The van der Waals surface area contributed by atoms with Gasteiger partial charge in [0.05, 0.1) is 31.9 Å². The number of fused-ring (bicyclic) bond motifs is 2. The molecule has 7 nitrogen and oxygen atoms in total. The second kappa shape index (κ2) is 10.2.